The highest BCUT2D eigenvalue weighted by molar-refractivity contribution is 7.91. The number of carbonyl (C=O) groups is 1. The third-order valence-electron chi connectivity index (χ3n) is 3.38. The first-order valence-electron chi connectivity index (χ1n) is 7.37. The predicted octanol–water partition coefficient (Wildman–Crippen LogP) is 1.13. The molecule has 0 aliphatic heterocycles. The van der Waals surface area contributed by atoms with Crippen LogP contribution in [0.3, 0.4) is 0 Å². The Balaban J connectivity index is 1.95. The number of aromatic nitrogens is 5. The molecule has 3 heterocycles. The fourth-order valence-electron chi connectivity index (χ4n) is 2.40. The number of alkyl halides is 3. The number of halogens is 3. The molecule has 0 spiro atoms. The van der Waals surface area contributed by atoms with Gasteiger partial charge in [0.2, 0.25) is 11.9 Å². The van der Waals surface area contributed by atoms with Gasteiger partial charge in [-0.2, -0.15) is 23.3 Å². The van der Waals surface area contributed by atoms with E-state index < -0.39 is 33.4 Å². The van der Waals surface area contributed by atoms with Crippen molar-refractivity contribution in [3.05, 3.63) is 30.2 Å². The predicted molar refractivity (Wildman–Crippen MR) is 88.5 cm³/mol. The fourth-order valence-corrected chi connectivity index (χ4v) is 2.95. The standard InChI is InChI=1S/C14H13F3N6O3S/c1-22-6-9(12(20-22)14(15,16)17)8-3-4-10-18-13(21-23(10)5-8)19-11(24)7-27(2,25)26/h3-6H,7H2,1-2H3,(H,19,21,24). The molecule has 1 amide bonds. The molecule has 27 heavy (non-hydrogen) atoms. The van der Waals surface area contributed by atoms with Gasteiger partial charge in [-0.05, 0) is 12.1 Å². The quantitative estimate of drug-likeness (QED) is 0.700. The molecule has 0 fully saturated rings. The molecule has 3 rings (SSSR count). The summed E-state index contributed by atoms with van der Waals surface area (Å²) in [6.07, 6.45) is -1.18. The van der Waals surface area contributed by atoms with Gasteiger partial charge in [-0.1, -0.05) is 0 Å². The molecule has 3 aromatic rings. The lowest BCUT2D eigenvalue weighted by atomic mass is 10.1. The van der Waals surface area contributed by atoms with Crippen molar-refractivity contribution in [2.24, 2.45) is 7.05 Å². The number of sulfone groups is 1. The second-order valence-corrected chi connectivity index (χ2v) is 7.98. The van der Waals surface area contributed by atoms with Gasteiger partial charge < -0.3 is 0 Å². The lowest BCUT2D eigenvalue weighted by Crippen LogP contribution is -2.22. The van der Waals surface area contributed by atoms with Crippen molar-refractivity contribution in [1.82, 2.24) is 24.4 Å². The van der Waals surface area contributed by atoms with Gasteiger partial charge in [0.1, 0.15) is 5.75 Å². The molecule has 0 radical (unpaired) electrons. The van der Waals surface area contributed by atoms with Crippen molar-refractivity contribution in [3.63, 3.8) is 0 Å². The van der Waals surface area contributed by atoms with Crippen LogP contribution in [0.4, 0.5) is 19.1 Å². The van der Waals surface area contributed by atoms with E-state index in [4.69, 9.17) is 0 Å². The smallest absolute Gasteiger partial charge is 0.292 e. The molecule has 13 heteroatoms. The Morgan fingerprint density at radius 3 is 2.56 bits per heavy atom. The van der Waals surface area contributed by atoms with E-state index >= 15 is 0 Å². The number of anilines is 1. The van der Waals surface area contributed by atoms with E-state index in [0.717, 1.165) is 10.9 Å². The Kier molecular flexibility index (Phi) is 4.41. The zero-order valence-corrected chi connectivity index (χ0v) is 14.8. The lowest BCUT2D eigenvalue weighted by molar-refractivity contribution is -0.141. The topological polar surface area (TPSA) is 111 Å². The Morgan fingerprint density at radius 1 is 1.22 bits per heavy atom. The van der Waals surface area contributed by atoms with Gasteiger partial charge >= 0.3 is 6.18 Å². The Hall–Kier alpha value is -2.96. The minimum atomic E-state index is -4.63. The maximum absolute atomic E-state index is 13.1. The maximum Gasteiger partial charge on any atom is 0.435 e. The Labute approximate surface area is 150 Å². The summed E-state index contributed by atoms with van der Waals surface area (Å²) >= 11 is 0. The molecule has 0 atom stereocenters. The van der Waals surface area contributed by atoms with Gasteiger partial charge in [-0.25, -0.2) is 12.9 Å². The Morgan fingerprint density at radius 2 is 1.93 bits per heavy atom. The van der Waals surface area contributed by atoms with Crippen molar-refractivity contribution < 1.29 is 26.4 Å². The number of pyridine rings is 1. The zero-order valence-electron chi connectivity index (χ0n) is 14.0. The molecular weight excluding hydrogens is 389 g/mol. The summed E-state index contributed by atoms with van der Waals surface area (Å²) < 4.78 is 63.9. The van der Waals surface area contributed by atoms with Crippen molar-refractivity contribution in [3.8, 4) is 11.1 Å². The molecule has 0 saturated carbocycles. The summed E-state index contributed by atoms with van der Waals surface area (Å²) in [6.45, 7) is 0. The van der Waals surface area contributed by atoms with Crippen molar-refractivity contribution >= 4 is 27.3 Å². The SMILES string of the molecule is Cn1cc(-c2ccc3nc(NC(=O)CS(C)(=O)=O)nn3c2)c(C(F)(F)F)n1. The number of hydrogen-bond acceptors (Lipinski definition) is 6. The monoisotopic (exact) mass is 402 g/mol. The number of amides is 1. The van der Waals surface area contributed by atoms with Gasteiger partial charge in [0, 0.05) is 36.8 Å². The van der Waals surface area contributed by atoms with Crippen LogP contribution in [0, 0.1) is 0 Å². The number of rotatable bonds is 4. The van der Waals surface area contributed by atoms with E-state index in [1.54, 1.807) is 0 Å². The average Bonchev–Trinajstić information content (AvgIpc) is 3.06. The average molecular weight is 402 g/mol. The number of fused-ring (bicyclic) bond motifs is 1. The molecule has 0 bridgehead atoms. The second kappa shape index (κ2) is 6.33. The third kappa shape index (κ3) is 4.24. The molecule has 0 saturated heterocycles. The third-order valence-corrected chi connectivity index (χ3v) is 4.17. The second-order valence-electron chi connectivity index (χ2n) is 5.84. The van der Waals surface area contributed by atoms with Gasteiger partial charge in [0.25, 0.3) is 0 Å². The van der Waals surface area contributed by atoms with E-state index in [2.05, 4.69) is 20.5 Å². The van der Waals surface area contributed by atoms with Gasteiger partial charge in [-0.3, -0.25) is 14.8 Å². The normalized spacial score (nSPS) is 12.5. The highest BCUT2D eigenvalue weighted by Crippen LogP contribution is 2.35. The highest BCUT2D eigenvalue weighted by atomic mass is 32.2. The lowest BCUT2D eigenvalue weighted by Gasteiger charge is -2.06. The minimum absolute atomic E-state index is 0.134. The number of nitrogens with one attached hydrogen (secondary N) is 1. The number of hydrogen-bond donors (Lipinski definition) is 1. The Bertz CT molecular complexity index is 1130. The zero-order chi connectivity index (χ0) is 20.0. The van der Waals surface area contributed by atoms with E-state index in [0.29, 0.717) is 0 Å². The maximum atomic E-state index is 13.1. The van der Waals surface area contributed by atoms with Crippen LogP contribution in [0.25, 0.3) is 16.8 Å². The molecule has 0 unspecified atom stereocenters. The summed E-state index contributed by atoms with van der Waals surface area (Å²) in [6, 6.07) is 2.83. The van der Waals surface area contributed by atoms with E-state index in [9.17, 15) is 26.4 Å². The number of aryl methyl sites for hydroxylation is 1. The largest absolute Gasteiger partial charge is 0.435 e. The summed E-state index contributed by atoms with van der Waals surface area (Å²) in [4.78, 5) is 15.6. The highest BCUT2D eigenvalue weighted by Gasteiger charge is 2.37. The van der Waals surface area contributed by atoms with Crippen LogP contribution in [-0.4, -0.2) is 50.7 Å². The first kappa shape index (κ1) is 18.8. The molecule has 144 valence electrons. The molecule has 9 nitrogen and oxygen atoms in total. The van der Waals surface area contributed by atoms with Crippen molar-refractivity contribution in [1.29, 1.82) is 0 Å². The summed E-state index contributed by atoms with van der Waals surface area (Å²) in [5.41, 5.74) is -0.719. The van der Waals surface area contributed by atoms with Crippen molar-refractivity contribution in [2.75, 3.05) is 17.3 Å². The van der Waals surface area contributed by atoms with Crippen LogP contribution in [0.1, 0.15) is 5.69 Å². The van der Waals surface area contributed by atoms with E-state index in [-0.39, 0.29) is 22.7 Å². The van der Waals surface area contributed by atoms with Crippen LogP contribution in [0.2, 0.25) is 0 Å². The van der Waals surface area contributed by atoms with E-state index in [1.165, 1.54) is 36.1 Å². The summed E-state index contributed by atoms with van der Waals surface area (Å²) in [5, 5.41) is 9.62. The van der Waals surface area contributed by atoms with Crippen LogP contribution in [0.5, 0.6) is 0 Å². The number of carbonyl (C=O) groups excluding carboxylic acids is 1. The molecule has 1 N–H and O–H groups in total. The van der Waals surface area contributed by atoms with E-state index in [1.807, 2.05) is 0 Å². The van der Waals surface area contributed by atoms with Gasteiger partial charge in [-0.15, -0.1) is 5.10 Å². The molecule has 0 aliphatic carbocycles. The van der Waals surface area contributed by atoms with Gasteiger partial charge in [0.15, 0.2) is 21.2 Å². The molecule has 3 aromatic heterocycles. The minimum Gasteiger partial charge on any atom is -0.292 e. The summed E-state index contributed by atoms with van der Waals surface area (Å²) in [7, 11) is -2.15. The fraction of sp³-hybridized carbons (Fsp3) is 0.286. The van der Waals surface area contributed by atoms with Crippen LogP contribution in [0.15, 0.2) is 24.5 Å². The van der Waals surface area contributed by atoms with Crippen LogP contribution < -0.4 is 5.32 Å². The van der Waals surface area contributed by atoms with Gasteiger partial charge in [0.05, 0.1) is 0 Å². The first-order valence-corrected chi connectivity index (χ1v) is 9.44. The molecule has 0 aliphatic rings. The molecule has 0 aromatic carbocycles. The van der Waals surface area contributed by atoms with Crippen LogP contribution in [-0.2, 0) is 27.9 Å². The first-order chi connectivity index (χ1) is 12.4. The molecular formula is C14H13F3N6O3S. The van der Waals surface area contributed by atoms with Crippen LogP contribution >= 0.6 is 0 Å². The summed E-state index contributed by atoms with van der Waals surface area (Å²) in [5.74, 6) is -1.72. The number of nitrogens with zero attached hydrogens (tertiary/aromatic N) is 5. The van der Waals surface area contributed by atoms with Crippen molar-refractivity contribution in [2.45, 2.75) is 6.18 Å².